The number of piperidine rings is 1. The van der Waals surface area contributed by atoms with Crippen LogP contribution in [0.2, 0.25) is 0 Å². The minimum atomic E-state index is -0.575. The van der Waals surface area contributed by atoms with Crippen LogP contribution in [-0.2, 0) is 18.3 Å². The minimum Gasteiger partial charge on any atom is -0.444 e. The average Bonchev–Trinajstić information content (AvgIpc) is 3.11. The number of anilines is 1. The van der Waals surface area contributed by atoms with Crippen LogP contribution in [0.5, 0.6) is 0 Å². The topological polar surface area (TPSA) is 114 Å². The summed E-state index contributed by atoms with van der Waals surface area (Å²) in [5.41, 5.74) is 0.130. The molecule has 3 aromatic rings. The molecule has 1 aliphatic rings. The Hall–Kier alpha value is -1.92. The van der Waals surface area contributed by atoms with Gasteiger partial charge in [0, 0.05) is 77.6 Å². The maximum Gasteiger partial charge on any atom is 0.407 e. The number of nitrogens with one attached hydrogen (secondary N) is 2. The van der Waals surface area contributed by atoms with E-state index in [9.17, 15) is 14.4 Å². The summed E-state index contributed by atoms with van der Waals surface area (Å²) in [6.45, 7) is 7.14. The van der Waals surface area contributed by atoms with Gasteiger partial charge in [-0.3, -0.25) is 18.9 Å². The van der Waals surface area contributed by atoms with Crippen molar-refractivity contribution in [1.29, 1.82) is 0 Å². The number of rotatable bonds is 4. The molecule has 1 amide bonds. The van der Waals surface area contributed by atoms with Crippen molar-refractivity contribution >= 4 is 74.6 Å². The van der Waals surface area contributed by atoms with Crippen molar-refractivity contribution in [3.63, 3.8) is 0 Å². The number of carbonyl (C=O) groups is 1. The molecular weight excluding hydrogens is 463 g/mol. The van der Waals surface area contributed by atoms with Crippen molar-refractivity contribution in [2.75, 3.05) is 18.0 Å². The Balaban J connectivity index is 0.00000324. The fourth-order valence-corrected chi connectivity index (χ4v) is 4.13. The summed E-state index contributed by atoms with van der Waals surface area (Å²) in [6.07, 6.45) is 1.20. The predicted octanol–water partition coefficient (Wildman–Crippen LogP) is 1.58. The van der Waals surface area contributed by atoms with Gasteiger partial charge in [-0.1, -0.05) is 30.3 Å². The normalized spacial score (nSPS) is 16.2. The Morgan fingerprint density at radius 3 is 2.62 bits per heavy atom. The van der Waals surface area contributed by atoms with E-state index in [0.717, 1.165) is 24.9 Å². The second-order valence-electron chi connectivity index (χ2n) is 9.41. The van der Waals surface area contributed by atoms with Crippen LogP contribution in [0.15, 0.2) is 39.9 Å². The van der Waals surface area contributed by atoms with E-state index >= 15 is 0 Å². The number of H-pyrrole nitrogens is 1. The summed E-state index contributed by atoms with van der Waals surface area (Å²) < 4.78 is 8.60. The summed E-state index contributed by atoms with van der Waals surface area (Å²) in [5.74, 6) is 0.594. The van der Waals surface area contributed by atoms with Crippen LogP contribution < -0.4 is 21.5 Å². The van der Waals surface area contributed by atoms with Crippen molar-refractivity contribution in [1.82, 2.24) is 24.4 Å². The Bertz CT molecular complexity index is 1270. The van der Waals surface area contributed by atoms with Gasteiger partial charge in [0.1, 0.15) is 5.60 Å². The van der Waals surface area contributed by atoms with Gasteiger partial charge in [0.25, 0.3) is 5.56 Å². The first-order chi connectivity index (χ1) is 15.6. The van der Waals surface area contributed by atoms with Crippen LogP contribution in [0.25, 0.3) is 11.2 Å². The van der Waals surface area contributed by atoms with E-state index in [-0.39, 0.29) is 57.4 Å². The fourth-order valence-electron chi connectivity index (χ4n) is 4.13. The number of hydrogen-bond donors (Lipinski definition) is 2. The van der Waals surface area contributed by atoms with Gasteiger partial charge in [0.2, 0.25) is 5.95 Å². The molecule has 1 unspecified atom stereocenters. The van der Waals surface area contributed by atoms with Gasteiger partial charge in [-0.25, -0.2) is 9.59 Å². The molecular formula is C23H30KN6O4. The first-order valence-electron chi connectivity index (χ1n) is 11.1. The quantitative estimate of drug-likeness (QED) is 0.534. The Morgan fingerprint density at radius 1 is 1.24 bits per heavy atom. The third-order valence-corrected chi connectivity index (χ3v) is 5.60. The fraction of sp³-hybridized carbons (Fsp3) is 0.478. The number of alkyl carbamates (subject to hydrolysis) is 1. The molecule has 34 heavy (non-hydrogen) atoms. The van der Waals surface area contributed by atoms with E-state index in [1.54, 1.807) is 7.05 Å². The predicted molar refractivity (Wildman–Crippen MR) is 131 cm³/mol. The molecule has 3 heterocycles. The van der Waals surface area contributed by atoms with E-state index < -0.39 is 22.9 Å². The maximum absolute atomic E-state index is 12.8. The van der Waals surface area contributed by atoms with Crippen molar-refractivity contribution in [3.8, 4) is 0 Å². The smallest absolute Gasteiger partial charge is 0.407 e. The minimum absolute atomic E-state index is 0. The molecule has 0 aliphatic carbocycles. The van der Waals surface area contributed by atoms with Crippen LogP contribution in [0, 0.1) is 0 Å². The van der Waals surface area contributed by atoms with Crippen LogP contribution in [0.1, 0.15) is 39.2 Å². The molecule has 10 nitrogen and oxygen atoms in total. The summed E-state index contributed by atoms with van der Waals surface area (Å²) in [4.78, 5) is 46.4. The van der Waals surface area contributed by atoms with Crippen LogP contribution in [0.3, 0.4) is 0 Å². The number of hydrogen-bond acceptors (Lipinski definition) is 6. The van der Waals surface area contributed by atoms with Crippen LogP contribution >= 0.6 is 0 Å². The third kappa shape index (κ3) is 6.00. The molecule has 11 heteroatoms. The zero-order valence-corrected chi connectivity index (χ0v) is 23.5. The van der Waals surface area contributed by atoms with Gasteiger partial charge < -0.3 is 15.0 Å². The summed E-state index contributed by atoms with van der Waals surface area (Å²) in [5, 5.41) is 2.95. The molecule has 0 bridgehead atoms. The first-order valence-corrected chi connectivity index (χ1v) is 11.1. The van der Waals surface area contributed by atoms with Crippen molar-refractivity contribution in [2.45, 2.75) is 51.8 Å². The molecule has 0 saturated carbocycles. The molecule has 2 N–H and O–H groups in total. The third-order valence-electron chi connectivity index (χ3n) is 5.60. The largest absolute Gasteiger partial charge is 0.444 e. The Labute approximate surface area is 240 Å². The van der Waals surface area contributed by atoms with Gasteiger partial charge in [-0.05, 0) is 39.2 Å². The molecule has 1 saturated heterocycles. The van der Waals surface area contributed by atoms with Gasteiger partial charge in [-0.2, -0.15) is 4.98 Å². The molecule has 1 aromatic carbocycles. The average molecular weight is 494 g/mol. The summed E-state index contributed by atoms with van der Waals surface area (Å²) in [7, 11) is 1.59. The molecule has 1 radical (unpaired) electrons. The van der Waals surface area contributed by atoms with E-state index in [0.29, 0.717) is 30.2 Å². The second-order valence-corrected chi connectivity index (χ2v) is 9.41. The number of imidazole rings is 1. The number of nitrogens with zero attached hydrogens (tertiary/aromatic N) is 4. The van der Waals surface area contributed by atoms with Crippen LogP contribution in [-0.4, -0.2) is 101 Å². The Morgan fingerprint density at radius 2 is 1.94 bits per heavy atom. The number of fused-ring (bicyclic) bond motifs is 1. The number of benzene rings is 1. The summed E-state index contributed by atoms with van der Waals surface area (Å²) in [6, 6.07) is 9.65. The maximum atomic E-state index is 12.8. The second kappa shape index (κ2) is 10.8. The summed E-state index contributed by atoms with van der Waals surface area (Å²) >= 11 is 0. The van der Waals surface area contributed by atoms with E-state index in [1.807, 2.05) is 55.7 Å². The van der Waals surface area contributed by atoms with Gasteiger partial charge in [0.15, 0.2) is 11.2 Å². The van der Waals surface area contributed by atoms with Crippen molar-refractivity contribution in [2.24, 2.45) is 7.05 Å². The molecule has 4 rings (SSSR count). The molecule has 177 valence electrons. The zero-order chi connectivity index (χ0) is 23.8. The number of ether oxygens (including phenoxy) is 1. The number of amides is 1. The van der Waals surface area contributed by atoms with E-state index in [4.69, 9.17) is 9.72 Å². The number of aromatic amines is 1. The zero-order valence-electron chi connectivity index (χ0n) is 20.4. The number of aromatic nitrogens is 4. The molecule has 0 spiro atoms. The van der Waals surface area contributed by atoms with Gasteiger partial charge in [-0.15, -0.1) is 0 Å². The monoisotopic (exact) mass is 493 g/mol. The van der Waals surface area contributed by atoms with Gasteiger partial charge >= 0.3 is 11.8 Å². The SMILES string of the molecule is Cn1c(=O)[nH]c(=O)c2c1nc(N1CCCC(NC(=O)OC(C)(C)C)C1)n2Cc1ccccc1.[K]. The Kier molecular flexibility index (Phi) is 8.45. The molecule has 1 fully saturated rings. The van der Waals surface area contributed by atoms with E-state index in [1.165, 1.54) is 4.57 Å². The van der Waals surface area contributed by atoms with Crippen LogP contribution in [0.4, 0.5) is 10.7 Å². The molecule has 1 atom stereocenters. The van der Waals surface area contributed by atoms with Crippen molar-refractivity contribution in [3.05, 3.63) is 56.7 Å². The number of carbonyl (C=O) groups excluding carboxylic acids is 1. The number of aryl methyl sites for hydroxylation is 1. The standard InChI is InChI=1S/C23H30N6O4.K/c1-23(2,3)33-22(32)24-16-11-8-12-28(14-16)20-25-18-17(19(30)26-21(31)27(18)4)29(20)13-15-9-6-5-7-10-15;/h5-7,9-10,16H,8,11-14H2,1-4H3,(H,24,32)(H,26,30,31);. The van der Waals surface area contributed by atoms with Crippen molar-refractivity contribution < 1.29 is 9.53 Å². The molecule has 1 aliphatic heterocycles. The molecule has 2 aromatic heterocycles. The first kappa shape index (κ1) is 26.7. The van der Waals surface area contributed by atoms with Gasteiger partial charge in [0.05, 0.1) is 6.54 Å². The van der Waals surface area contributed by atoms with E-state index in [2.05, 4.69) is 15.2 Å².